The zero-order valence-corrected chi connectivity index (χ0v) is 17.4. The number of aliphatic hydroxyl groups excluding tert-OH is 4. The molecule has 0 saturated carbocycles. The minimum Gasteiger partial charge on any atom is -0.394 e. The van der Waals surface area contributed by atoms with Gasteiger partial charge in [0.2, 0.25) is 0 Å². The fourth-order valence-corrected chi connectivity index (χ4v) is 4.34. The molecule has 0 unspecified atom stereocenters. The predicted octanol–water partition coefficient (Wildman–Crippen LogP) is 1.26. The third kappa shape index (κ3) is 4.12. The first kappa shape index (κ1) is 21.3. The molecule has 5 atom stereocenters. The highest BCUT2D eigenvalue weighted by Crippen LogP contribution is 2.35. The van der Waals surface area contributed by atoms with Crippen molar-refractivity contribution in [3.8, 4) is 10.7 Å². The van der Waals surface area contributed by atoms with E-state index in [9.17, 15) is 20.4 Å². The molecule has 3 aromatic rings. The summed E-state index contributed by atoms with van der Waals surface area (Å²) in [7, 11) is 0. The van der Waals surface area contributed by atoms with Crippen LogP contribution in [0.15, 0.2) is 28.8 Å². The van der Waals surface area contributed by atoms with Gasteiger partial charge in [0.25, 0.3) is 0 Å². The van der Waals surface area contributed by atoms with Crippen LogP contribution in [0.1, 0.15) is 28.0 Å². The van der Waals surface area contributed by atoms with Crippen LogP contribution in [0.25, 0.3) is 10.7 Å². The van der Waals surface area contributed by atoms with Crippen molar-refractivity contribution in [1.82, 2.24) is 15.4 Å². The molecule has 11 heteroatoms. The van der Waals surface area contributed by atoms with Crippen molar-refractivity contribution in [3.63, 3.8) is 0 Å². The Labute approximate surface area is 180 Å². The number of nitrogens with zero attached hydrogens (tertiary/aromatic N) is 3. The molecule has 1 aliphatic rings. The van der Waals surface area contributed by atoms with Gasteiger partial charge >= 0.3 is 0 Å². The Balaban J connectivity index is 1.57. The Hall–Kier alpha value is -1.92. The molecule has 4 rings (SSSR count). The van der Waals surface area contributed by atoms with Crippen LogP contribution in [0, 0.1) is 6.92 Å². The molecule has 9 nitrogen and oxygen atoms in total. The summed E-state index contributed by atoms with van der Waals surface area (Å²) in [6.07, 6.45) is -5.74. The molecule has 160 valence electrons. The quantitative estimate of drug-likeness (QED) is 0.449. The zero-order valence-electron chi connectivity index (χ0n) is 15.8. The van der Waals surface area contributed by atoms with Gasteiger partial charge in [-0.05, 0) is 24.1 Å². The lowest BCUT2D eigenvalue weighted by molar-refractivity contribution is -0.231. The van der Waals surface area contributed by atoms with Crippen molar-refractivity contribution in [2.24, 2.45) is 0 Å². The summed E-state index contributed by atoms with van der Waals surface area (Å²) in [4.78, 5) is 0. The molecule has 4 N–H and O–H groups in total. The summed E-state index contributed by atoms with van der Waals surface area (Å²) >= 11 is 7.71. The molecular weight excluding hydrogens is 434 g/mol. The van der Waals surface area contributed by atoms with Gasteiger partial charge in [0.15, 0.2) is 5.01 Å². The van der Waals surface area contributed by atoms with E-state index in [1.54, 1.807) is 31.2 Å². The highest BCUT2D eigenvalue weighted by Gasteiger charge is 2.44. The molecule has 0 spiro atoms. The van der Waals surface area contributed by atoms with E-state index in [-0.39, 0.29) is 0 Å². The maximum atomic E-state index is 10.4. The highest BCUT2D eigenvalue weighted by molar-refractivity contribution is 7.14. The van der Waals surface area contributed by atoms with E-state index in [0.29, 0.717) is 38.5 Å². The molecule has 1 aromatic carbocycles. The van der Waals surface area contributed by atoms with Gasteiger partial charge in [-0.3, -0.25) is 0 Å². The van der Waals surface area contributed by atoms with Gasteiger partial charge in [-0.2, -0.15) is 0 Å². The maximum absolute atomic E-state index is 10.4. The van der Waals surface area contributed by atoms with Crippen molar-refractivity contribution in [2.75, 3.05) is 6.61 Å². The number of hydrogen-bond acceptors (Lipinski definition) is 10. The molecule has 0 amide bonds. The predicted molar refractivity (Wildman–Crippen MR) is 107 cm³/mol. The lowest BCUT2D eigenvalue weighted by Crippen LogP contribution is -2.55. The lowest BCUT2D eigenvalue weighted by atomic mass is 9.90. The topological polar surface area (TPSA) is 142 Å². The average molecular weight is 454 g/mol. The van der Waals surface area contributed by atoms with Gasteiger partial charge in [0, 0.05) is 17.5 Å². The smallest absolute Gasteiger partial charge is 0.169 e. The Morgan fingerprint density at radius 3 is 2.60 bits per heavy atom. The minimum absolute atomic E-state index is 0.387. The highest BCUT2D eigenvalue weighted by atomic mass is 35.5. The summed E-state index contributed by atoms with van der Waals surface area (Å²) in [6.45, 7) is 1.31. The first-order valence-electron chi connectivity index (χ1n) is 9.22. The largest absolute Gasteiger partial charge is 0.394 e. The van der Waals surface area contributed by atoms with E-state index >= 15 is 0 Å². The van der Waals surface area contributed by atoms with Gasteiger partial charge in [-0.15, -0.1) is 10.2 Å². The second kappa shape index (κ2) is 8.67. The third-order valence-corrected chi connectivity index (χ3v) is 6.26. The first-order valence-corrected chi connectivity index (χ1v) is 10.4. The van der Waals surface area contributed by atoms with Crippen LogP contribution in [-0.2, 0) is 11.2 Å². The van der Waals surface area contributed by atoms with E-state index in [4.69, 9.17) is 20.9 Å². The Morgan fingerprint density at radius 1 is 1.10 bits per heavy atom. The van der Waals surface area contributed by atoms with Gasteiger partial charge in [0.1, 0.15) is 47.0 Å². The van der Waals surface area contributed by atoms with Crippen LogP contribution in [0.3, 0.4) is 0 Å². The summed E-state index contributed by atoms with van der Waals surface area (Å²) in [5.41, 5.74) is 1.89. The second-order valence-electron chi connectivity index (χ2n) is 7.10. The van der Waals surface area contributed by atoms with Gasteiger partial charge in [-0.1, -0.05) is 40.2 Å². The standard InChI is InChI=1S/C19H20ClN3O6S/c1-8-4-12(23-29-8)19-22-21-14(30-19)6-10-5-9(2-3-11(10)20)18-17(27)16(26)15(25)13(7-24)28-18/h2-5,13,15-18,24-27H,6-7H2,1H3/t13-,15-,16+,17-,18+/m1/s1. The van der Waals surface area contributed by atoms with Gasteiger partial charge < -0.3 is 29.7 Å². The van der Waals surface area contributed by atoms with E-state index in [0.717, 1.165) is 5.56 Å². The van der Waals surface area contributed by atoms with Crippen LogP contribution in [0.2, 0.25) is 5.02 Å². The molecular formula is C19H20ClN3O6S. The van der Waals surface area contributed by atoms with E-state index < -0.39 is 37.1 Å². The molecule has 0 aliphatic carbocycles. The van der Waals surface area contributed by atoms with Gasteiger partial charge in [-0.25, -0.2) is 0 Å². The monoisotopic (exact) mass is 453 g/mol. The zero-order chi connectivity index (χ0) is 21.4. The van der Waals surface area contributed by atoms with E-state index in [1.807, 2.05) is 0 Å². The summed E-state index contributed by atoms with van der Waals surface area (Å²) < 4.78 is 10.7. The maximum Gasteiger partial charge on any atom is 0.169 e. The molecule has 0 bridgehead atoms. The van der Waals surface area contributed by atoms with Crippen molar-refractivity contribution in [3.05, 3.63) is 51.2 Å². The Morgan fingerprint density at radius 2 is 1.90 bits per heavy atom. The normalized spacial score (nSPS) is 26.8. The van der Waals surface area contributed by atoms with Crippen LogP contribution in [0.4, 0.5) is 0 Å². The number of aliphatic hydroxyl groups is 4. The van der Waals surface area contributed by atoms with Gasteiger partial charge in [0.05, 0.1) is 6.61 Å². The SMILES string of the molecule is Cc1cc(-c2nnc(Cc3cc([C@@H]4O[C@H](CO)[C@@H](O)[C@H](O)[C@H]4O)ccc3Cl)s2)no1. The number of benzene rings is 1. The van der Waals surface area contributed by atoms with Crippen molar-refractivity contribution < 1.29 is 29.7 Å². The lowest BCUT2D eigenvalue weighted by Gasteiger charge is -2.40. The van der Waals surface area contributed by atoms with Crippen molar-refractivity contribution in [1.29, 1.82) is 0 Å². The molecule has 30 heavy (non-hydrogen) atoms. The molecule has 3 heterocycles. The molecule has 1 aliphatic heterocycles. The number of ether oxygens (including phenoxy) is 1. The minimum atomic E-state index is -1.45. The number of rotatable bonds is 5. The van der Waals surface area contributed by atoms with Crippen molar-refractivity contribution in [2.45, 2.75) is 43.9 Å². The van der Waals surface area contributed by atoms with Crippen LogP contribution < -0.4 is 0 Å². The number of hydrogen-bond donors (Lipinski definition) is 4. The summed E-state index contributed by atoms with van der Waals surface area (Å²) in [5.74, 6) is 0.678. The Kier molecular flexibility index (Phi) is 6.16. The first-order chi connectivity index (χ1) is 14.4. The van der Waals surface area contributed by atoms with Crippen LogP contribution >= 0.6 is 22.9 Å². The molecule has 1 saturated heterocycles. The van der Waals surface area contributed by atoms with E-state index in [1.165, 1.54) is 11.3 Å². The Bertz CT molecular complexity index is 1030. The molecule has 0 radical (unpaired) electrons. The third-order valence-electron chi connectivity index (χ3n) is 4.95. The second-order valence-corrected chi connectivity index (χ2v) is 8.57. The number of halogens is 1. The number of aromatic nitrogens is 3. The fourth-order valence-electron chi connectivity index (χ4n) is 3.34. The summed E-state index contributed by atoms with van der Waals surface area (Å²) in [6, 6.07) is 6.85. The van der Waals surface area contributed by atoms with Crippen LogP contribution in [0.5, 0.6) is 0 Å². The fraction of sp³-hybridized carbons (Fsp3) is 0.421. The average Bonchev–Trinajstić information content (AvgIpc) is 3.37. The molecule has 1 fully saturated rings. The van der Waals surface area contributed by atoms with Crippen LogP contribution in [-0.4, -0.2) is 66.8 Å². The van der Waals surface area contributed by atoms with E-state index in [2.05, 4.69) is 15.4 Å². The number of aryl methyl sites for hydroxylation is 1. The summed E-state index contributed by atoms with van der Waals surface area (Å²) in [5, 5.41) is 53.9. The molecule has 2 aromatic heterocycles. The van der Waals surface area contributed by atoms with Crippen molar-refractivity contribution >= 4 is 22.9 Å².